The highest BCUT2D eigenvalue weighted by molar-refractivity contribution is 5.76. The number of halogens is 1. The Labute approximate surface area is 101 Å². The molecule has 0 saturated carbocycles. The average molecular weight is 239 g/mol. The van der Waals surface area contributed by atoms with Crippen LogP contribution in [-0.4, -0.2) is 18.6 Å². The van der Waals surface area contributed by atoms with E-state index in [4.69, 9.17) is 4.74 Å². The molecule has 1 amide bonds. The Bertz CT molecular complexity index is 351. The first kappa shape index (κ1) is 13.5. The van der Waals surface area contributed by atoms with Gasteiger partial charge in [0.2, 0.25) is 5.91 Å². The van der Waals surface area contributed by atoms with Gasteiger partial charge in [0.1, 0.15) is 11.6 Å². The van der Waals surface area contributed by atoms with Crippen LogP contribution in [0, 0.1) is 5.82 Å². The summed E-state index contributed by atoms with van der Waals surface area (Å²) in [5, 5.41) is 2.85. The first-order chi connectivity index (χ1) is 8.11. The van der Waals surface area contributed by atoms with E-state index in [0.29, 0.717) is 18.8 Å². The lowest BCUT2D eigenvalue weighted by Crippen LogP contribution is -2.32. The number of benzene rings is 1. The molecule has 17 heavy (non-hydrogen) atoms. The van der Waals surface area contributed by atoms with E-state index in [1.54, 1.807) is 12.1 Å². The van der Waals surface area contributed by atoms with E-state index in [2.05, 4.69) is 5.32 Å². The van der Waals surface area contributed by atoms with Gasteiger partial charge in [0.25, 0.3) is 0 Å². The van der Waals surface area contributed by atoms with Gasteiger partial charge in [-0.3, -0.25) is 4.79 Å². The number of ether oxygens (including phenoxy) is 1. The largest absolute Gasteiger partial charge is 0.493 e. The van der Waals surface area contributed by atoms with Gasteiger partial charge in [-0.2, -0.15) is 0 Å². The number of rotatable bonds is 6. The summed E-state index contributed by atoms with van der Waals surface area (Å²) in [6.07, 6.45) is 1.21. The predicted octanol–water partition coefficient (Wildman–Crippen LogP) is 2.51. The molecule has 0 bridgehead atoms. The van der Waals surface area contributed by atoms with Crippen LogP contribution in [0.4, 0.5) is 4.39 Å². The van der Waals surface area contributed by atoms with E-state index in [-0.39, 0.29) is 17.8 Å². The summed E-state index contributed by atoms with van der Waals surface area (Å²) in [6.45, 7) is 4.27. The van der Waals surface area contributed by atoms with Crippen LogP contribution >= 0.6 is 0 Å². The Balaban J connectivity index is 2.23. The lowest BCUT2D eigenvalue weighted by Gasteiger charge is -2.11. The molecule has 1 N–H and O–H groups in total. The van der Waals surface area contributed by atoms with Crippen molar-refractivity contribution >= 4 is 5.91 Å². The minimum absolute atomic E-state index is 0.0264. The molecule has 1 aromatic carbocycles. The van der Waals surface area contributed by atoms with Crippen LogP contribution in [-0.2, 0) is 4.79 Å². The van der Waals surface area contributed by atoms with E-state index in [1.165, 1.54) is 12.1 Å². The number of hydrogen-bond acceptors (Lipinski definition) is 2. The number of carbonyl (C=O) groups excluding carboxylic acids is 1. The van der Waals surface area contributed by atoms with Crippen LogP contribution in [0.15, 0.2) is 24.3 Å². The number of carbonyl (C=O) groups is 1. The molecule has 0 saturated heterocycles. The van der Waals surface area contributed by atoms with Gasteiger partial charge in [0.05, 0.1) is 13.0 Å². The molecular formula is C13H18FNO2. The highest BCUT2D eigenvalue weighted by atomic mass is 19.1. The average Bonchev–Trinajstić information content (AvgIpc) is 2.31. The van der Waals surface area contributed by atoms with Crippen molar-refractivity contribution in [2.75, 3.05) is 6.61 Å². The van der Waals surface area contributed by atoms with Gasteiger partial charge in [0, 0.05) is 6.04 Å². The SMILES string of the molecule is CC[C@@H](C)NC(=O)CCOc1ccc(F)cc1. The summed E-state index contributed by atoms with van der Waals surface area (Å²) in [5.41, 5.74) is 0. The van der Waals surface area contributed by atoms with Gasteiger partial charge in [-0.05, 0) is 37.6 Å². The summed E-state index contributed by atoms with van der Waals surface area (Å²) >= 11 is 0. The fraction of sp³-hybridized carbons (Fsp3) is 0.462. The molecule has 0 fully saturated rings. The Kier molecular flexibility index (Phi) is 5.46. The molecule has 94 valence electrons. The van der Waals surface area contributed by atoms with Gasteiger partial charge in [-0.1, -0.05) is 6.92 Å². The van der Waals surface area contributed by atoms with Crippen LogP contribution in [0.3, 0.4) is 0 Å². The summed E-state index contributed by atoms with van der Waals surface area (Å²) in [4.78, 5) is 11.4. The van der Waals surface area contributed by atoms with Crippen LogP contribution in [0.25, 0.3) is 0 Å². The summed E-state index contributed by atoms with van der Waals surface area (Å²) in [7, 11) is 0. The summed E-state index contributed by atoms with van der Waals surface area (Å²) in [5.74, 6) is 0.246. The zero-order valence-electron chi connectivity index (χ0n) is 10.2. The van der Waals surface area contributed by atoms with Crippen LogP contribution in [0.5, 0.6) is 5.75 Å². The highest BCUT2D eigenvalue weighted by Gasteiger charge is 2.05. The second kappa shape index (κ2) is 6.89. The minimum atomic E-state index is -0.299. The quantitative estimate of drug-likeness (QED) is 0.828. The van der Waals surface area contributed by atoms with Gasteiger partial charge >= 0.3 is 0 Å². The highest BCUT2D eigenvalue weighted by Crippen LogP contribution is 2.11. The third-order valence-electron chi connectivity index (χ3n) is 2.43. The third kappa shape index (κ3) is 5.33. The molecule has 4 heteroatoms. The molecule has 1 atom stereocenters. The van der Waals surface area contributed by atoms with E-state index in [9.17, 15) is 9.18 Å². The number of hydrogen-bond donors (Lipinski definition) is 1. The van der Waals surface area contributed by atoms with E-state index < -0.39 is 0 Å². The van der Waals surface area contributed by atoms with Crippen LogP contribution < -0.4 is 10.1 Å². The van der Waals surface area contributed by atoms with Crippen molar-refractivity contribution in [2.45, 2.75) is 32.7 Å². The Morgan fingerprint density at radius 3 is 2.65 bits per heavy atom. The molecule has 3 nitrogen and oxygen atoms in total. The topological polar surface area (TPSA) is 38.3 Å². The van der Waals surface area contributed by atoms with Crippen molar-refractivity contribution < 1.29 is 13.9 Å². The Hall–Kier alpha value is -1.58. The van der Waals surface area contributed by atoms with Crippen molar-refractivity contribution in [3.63, 3.8) is 0 Å². The van der Waals surface area contributed by atoms with Gasteiger partial charge < -0.3 is 10.1 Å². The van der Waals surface area contributed by atoms with Crippen molar-refractivity contribution in [2.24, 2.45) is 0 Å². The monoisotopic (exact) mass is 239 g/mol. The fourth-order valence-electron chi connectivity index (χ4n) is 1.24. The first-order valence-electron chi connectivity index (χ1n) is 5.79. The molecule has 0 aliphatic carbocycles. The number of nitrogens with one attached hydrogen (secondary N) is 1. The van der Waals surface area contributed by atoms with Gasteiger partial charge in [0.15, 0.2) is 0 Å². The van der Waals surface area contributed by atoms with Crippen LogP contribution in [0.1, 0.15) is 26.7 Å². The molecular weight excluding hydrogens is 221 g/mol. The van der Waals surface area contributed by atoms with Crippen molar-refractivity contribution in [1.29, 1.82) is 0 Å². The lowest BCUT2D eigenvalue weighted by molar-refractivity contribution is -0.122. The maximum Gasteiger partial charge on any atom is 0.223 e. The molecule has 0 aliphatic rings. The van der Waals surface area contributed by atoms with E-state index in [1.807, 2.05) is 13.8 Å². The molecule has 0 radical (unpaired) electrons. The predicted molar refractivity (Wildman–Crippen MR) is 64.4 cm³/mol. The standard InChI is InChI=1S/C13H18FNO2/c1-3-10(2)15-13(16)8-9-17-12-6-4-11(14)5-7-12/h4-7,10H,3,8-9H2,1-2H3,(H,15,16)/t10-/m1/s1. The molecule has 0 aromatic heterocycles. The molecule has 0 unspecified atom stereocenters. The normalized spacial score (nSPS) is 11.9. The Morgan fingerprint density at radius 2 is 2.06 bits per heavy atom. The zero-order valence-corrected chi connectivity index (χ0v) is 10.2. The number of amides is 1. The van der Waals surface area contributed by atoms with E-state index >= 15 is 0 Å². The van der Waals surface area contributed by atoms with E-state index in [0.717, 1.165) is 6.42 Å². The fourth-order valence-corrected chi connectivity index (χ4v) is 1.24. The van der Waals surface area contributed by atoms with Gasteiger partial charge in [-0.25, -0.2) is 4.39 Å². The molecule has 0 spiro atoms. The maximum atomic E-state index is 12.6. The van der Waals surface area contributed by atoms with Crippen molar-refractivity contribution in [3.8, 4) is 5.75 Å². The third-order valence-corrected chi connectivity index (χ3v) is 2.43. The second-order valence-corrected chi connectivity index (χ2v) is 3.93. The smallest absolute Gasteiger partial charge is 0.223 e. The zero-order chi connectivity index (χ0) is 12.7. The van der Waals surface area contributed by atoms with Crippen molar-refractivity contribution in [1.82, 2.24) is 5.32 Å². The molecule has 0 heterocycles. The van der Waals surface area contributed by atoms with Crippen LogP contribution in [0.2, 0.25) is 0 Å². The van der Waals surface area contributed by atoms with Gasteiger partial charge in [-0.15, -0.1) is 0 Å². The Morgan fingerprint density at radius 1 is 1.41 bits per heavy atom. The summed E-state index contributed by atoms with van der Waals surface area (Å²) in [6, 6.07) is 5.93. The molecule has 0 aliphatic heterocycles. The first-order valence-corrected chi connectivity index (χ1v) is 5.79. The van der Waals surface area contributed by atoms with Crippen molar-refractivity contribution in [3.05, 3.63) is 30.1 Å². The lowest BCUT2D eigenvalue weighted by atomic mass is 10.2. The molecule has 1 aromatic rings. The second-order valence-electron chi connectivity index (χ2n) is 3.93. The minimum Gasteiger partial charge on any atom is -0.493 e. The summed E-state index contributed by atoms with van der Waals surface area (Å²) < 4.78 is 17.9. The maximum absolute atomic E-state index is 12.6. The molecule has 1 rings (SSSR count).